The molecule has 2 rings (SSSR count). The Morgan fingerprint density at radius 3 is 2.79 bits per heavy atom. The average molecular weight is 190 g/mol. The fraction of sp³-hybridized carbons (Fsp3) is 0. The second-order valence-corrected chi connectivity index (χ2v) is 2.59. The first-order chi connectivity index (χ1) is 6.86. The van der Waals surface area contributed by atoms with Gasteiger partial charge in [-0.15, -0.1) is 0 Å². The summed E-state index contributed by atoms with van der Waals surface area (Å²) >= 11 is 0. The Labute approximate surface area is 79.5 Å². The van der Waals surface area contributed by atoms with Crippen molar-refractivity contribution < 1.29 is 9.89 Å². The molecule has 1 heterocycles. The number of carbonyl (C=O) groups is 1. The fourth-order valence-electron chi connectivity index (χ4n) is 0.982. The molecule has 0 saturated carbocycles. The van der Waals surface area contributed by atoms with Crippen LogP contribution in [0.2, 0.25) is 0 Å². The van der Waals surface area contributed by atoms with Crippen LogP contribution in [-0.2, 0) is 0 Å². The van der Waals surface area contributed by atoms with E-state index >= 15 is 0 Å². The smallest absolute Gasteiger partial charge is 0.292 e. The van der Waals surface area contributed by atoms with Crippen molar-refractivity contribution in [2.75, 3.05) is 5.32 Å². The number of amides is 1. The van der Waals surface area contributed by atoms with Crippen molar-refractivity contribution in [3.05, 3.63) is 36.7 Å². The number of tetrazole rings is 1. The molecule has 0 bridgehead atoms. The summed E-state index contributed by atoms with van der Waals surface area (Å²) in [7, 11) is 0. The number of aromatic amines is 1. The lowest BCUT2D eigenvalue weighted by Crippen LogP contribution is -2.20. The zero-order chi connectivity index (χ0) is 9.80. The predicted molar refractivity (Wildman–Crippen MR) is 47.4 cm³/mol. The first-order valence-corrected chi connectivity index (χ1v) is 4.01. The highest BCUT2D eigenvalue weighted by Gasteiger charge is 2.12. The van der Waals surface area contributed by atoms with Crippen LogP contribution in [0.5, 0.6) is 0 Å². The third kappa shape index (κ3) is 1.74. The molecule has 1 aromatic carbocycles. The van der Waals surface area contributed by atoms with Crippen LogP contribution in [0, 0.1) is 0 Å². The van der Waals surface area contributed by atoms with Gasteiger partial charge < -0.3 is 0 Å². The molecule has 1 amide bonds. The van der Waals surface area contributed by atoms with E-state index in [-0.39, 0.29) is 6.03 Å². The van der Waals surface area contributed by atoms with Gasteiger partial charge in [0.2, 0.25) is 0 Å². The van der Waals surface area contributed by atoms with Gasteiger partial charge >= 0.3 is 6.03 Å². The molecule has 0 unspecified atom stereocenters. The number of rotatable bonds is 1. The van der Waals surface area contributed by atoms with Crippen molar-refractivity contribution in [1.29, 1.82) is 0 Å². The van der Waals surface area contributed by atoms with E-state index in [1.807, 2.05) is 18.2 Å². The van der Waals surface area contributed by atoms with Crippen molar-refractivity contribution in [3.8, 4) is 0 Å². The van der Waals surface area contributed by atoms with Gasteiger partial charge in [0.05, 0.1) is 0 Å². The minimum atomic E-state index is -0.357. The topological polar surface area (TPSA) is 74.0 Å². The molecule has 0 atom stereocenters. The van der Waals surface area contributed by atoms with Crippen LogP contribution in [-0.4, -0.2) is 21.1 Å². The van der Waals surface area contributed by atoms with Crippen molar-refractivity contribution in [2.24, 2.45) is 0 Å². The molecule has 70 valence electrons. The van der Waals surface area contributed by atoms with Gasteiger partial charge in [-0.05, 0) is 16.8 Å². The number of anilines is 1. The summed E-state index contributed by atoms with van der Waals surface area (Å²) in [5.74, 6) is 0. The number of hydrogen-bond donors (Lipinski definition) is 1. The second kappa shape index (κ2) is 3.65. The molecule has 0 aliphatic carbocycles. The lowest BCUT2D eigenvalue weighted by atomic mass is 10.3. The molecule has 0 saturated heterocycles. The first-order valence-electron chi connectivity index (χ1n) is 4.01. The Kier molecular flexibility index (Phi) is 2.18. The lowest BCUT2D eigenvalue weighted by Gasteiger charge is -1.98. The van der Waals surface area contributed by atoms with Gasteiger partial charge in [-0.25, -0.2) is 4.79 Å². The zero-order valence-electron chi connectivity index (χ0n) is 7.21. The summed E-state index contributed by atoms with van der Waals surface area (Å²) in [6.45, 7) is 0. The van der Waals surface area contributed by atoms with E-state index in [0.29, 0.717) is 5.69 Å². The second-order valence-electron chi connectivity index (χ2n) is 2.59. The lowest BCUT2D eigenvalue weighted by molar-refractivity contribution is -0.456. The maximum Gasteiger partial charge on any atom is 0.422 e. The third-order valence-electron chi connectivity index (χ3n) is 1.61. The molecule has 0 radical (unpaired) electrons. The monoisotopic (exact) mass is 190 g/mol. The van der Waals surface area contributed by atoms with Crippen molar-refractivity contribution in [3.63, 3.8) is 0 Å². The van der Waals surface area contributed by atoms with Gasteiger partial charge in [-0.2, -0.15) is 5.10 Å². The molecule has 0 fully saturated rings. The number of nitrogens with one attached hydrogen (secondary N) is 2. The number of carbonyl (C=O) groups excluding carboxylic acids is 1. The number of nitrogens with zero attached hydrogens (tertiary/aromatic N) is 3. The molecular weight excluding hydrogens is 182 g/mol. The van der Waals surface area contributed by atoms with E-state index in [4.69, 9.17) is 0 Å². The van der Waals surface area contributed by atoms with Gasteiger partial charge in [-0.1, -0.05) is 18.2 Å². The Hall–Kier alpha value is -2.24. The van der Waals surface area contributed by atoms with Gasteiger partial charge in [0.25, 0.3) is 6.33 Å². The van der Waals surface area contributed by atoms with Crippen molar-refractivity contribution >= 4 is 11.7 Å². The zero-order valence-corrected chi connectivity index (χ0v) is 7.21. The molecule has 1 aromatic heterocycles. The Morgan fingerprint density at radius 2 is 2.14 bits per heavy atom. The highest BCUT2D eigenvalue weighted by atomic mass is 16.2. The van der Waals surface area contributed by atoms with Gasteiger partial charge in [0.1, 0.15) is 5.21 Å². The highest BCUT2D eigenvalue weighted by molar-refractivity contribution is 5.89. The van der Waals surface area contributed by atoms with Crippen LogP contribution in [0.15, 0.2) is 36.7 Å². The molecule has 6 heteroatoms. The van der Waals surface area contributed by atoms with Crippen LogP contribution in [0.25, 0.3) is 0 Å². The molecule has 0 spiro atoms. The molecule has 0 aliphatic heterocycles. The fourth-order valence-corrected chi connectivity index (χ4v) is 0.982. The van der Waals surface area contributed by atoms with Crippen LogP contribution in [0.3, 0.4) is 0 Å². The molecule has 2 N–H and O–H groups in total. The van der Waals surface area contributed by atoms with Crippen molar-refractivity contribution in [2.45, 2.75) is 0 Å². The van der Waals surface area contributed by atoms with E-state index in [0.717, 1.165) is 4.68 Å². The quantitative estimate of drug-likeness (QED) is 0.651. The minimum absolute atomic E-state index is 0.357. The summed E-state index contributed by atoms with van der Waals surface area (Å²) in [5.41, 5.74) is 0.716. The summed E-state index contributed by atoms with van der Waals surface area (Å²) in [6.07, 6.45) is 1.36. The number of H-pyrrole nitrogens is 1. The SMILES string of the molecule is O=C(Nc1ccccc1)n1c[nH+]nn1. The van der Waals surface area contributed by atoms with Gasteiger partial charge in [0, 0.05) is 5.69 Å². The predicted octanol–water partition coefficient (Wildman–Crippen LogP) is 0.172. The van der Waals surface area contributed by atoms with Crippen LogP contribution < -0.4 is 10.4 Å². The highest BCUT2D eigenvalue weighted by Crippen LogP contribution is 2.04. The standard InChI is InChI=1S/C8H7N5O/c14-8(13-6-9-11-12-13)10-7-4-2-1-3-5-7/h1-6H,(H,10,14)/p+1. The largest absolute Gasteiger partial charge is 0.422 e. The summed E-state index contributed by atoms with van der Waals surface area (Å²) in [5, 5.41) is 12.0. The normalized spacial score (nSPS) is 9.71. The first kappa shape index (κ1) is 8.36. The molecule has 6 nitrogen and oxygen atoms in total. The van der Waals surface area contributed by atoms with E-state index in [9.17, 15) is 4.79 Å². The van der Waals surface area contributed by atoms with E-state index < -0.39 is 0 Å². The van der Waals surface area contributed by atoms with E-state index in [2.05, 4.69) is 20.8 Å². The Balaban J connectivity index is 2.10. The number of aromatic nitrogens is 4. The van der Waals surface area contributed by atoms with Gasteiger partial charge in [0.15, 0.2) is 5.21 Å². The number of hydrogen-bond acceptors (Lipinski definition) is 3. The number of benzene rings is 1. The maximum atomic E-state index is 11.4. The maximum absolute atomic E-state index is 11.4. The van der Waals surface area contributed by atoms with Gasteiger partial charge in [-0.3, -0.25) is 5.32 Å². The number of para-hydroxylation sites is 1. The van der Waals surface area contributed by atoms with Crippen LogP contribution in [0.4, 0.5) is 10.5 Å². The summed E-state index contributed by atoms with van der Waals surface area (Å²) < 4.78 is 1.08. The van der Waals surface area contributed by atoms with Crippen LogP contribution in [0.1, 0.15) is 0 Å². The minimum Gasteiger partial charge on any atom is -0.292 e. The summed E-state index contributed by atoms with van der Waals surface area (Å²) in [4.78, 5) is 11.4. The molecular formula is C8H8N5O+. The molecule has 0 aliphatic rings. The van der Waals surface area contributed by atoms with Crippen molar-refractivity contribution in [1.82, 2.24) is 15.1 Å². The Bertz CT molecular complexity index is 411. The Morgan fingerprint density at radius 1 is 1.36 bits per heavy atom. The molecule has 2 aromatic rings. The van der Waals surface area contributed by atoms with E-state index in [1.54, 1.807) is 12.1 Å². The van der Waals surface area contributed by atoms with E-state index in [1.165, 1.54) is 6.33 Å². The average Bonchev–Trinajstić information content (AvgIpc) is 2.72. The third-order valence-corrected chi connectivity index (χ3v) is 1.61. The molecule has 14 heavy (non-hydrogen) atoms. The van der Waals surface area contributed by atoms with Crippen LogP contribution >= 0.6 is 0 Å². The summed E-state index contributed by atoms with van der Waals surface area (Å²) in [6, 6.07) is 8.77.